The summed E-state index contributed by atoms with van der Waals surface area (Å²) < 4.78 is 11.2. The van der Waals surface area contributed by atoms with E-state index in [1.807, 2.05) is 38.1 Å². The first-order valence-electron chi connectivity index (χ1n) is 7.46. The Labute approximate surface area is 136 Å². The van der Waals surface area contributed by atoms with E-state index in [9.17, 15) is 9.59 Å². The van der Waals surface area contributed by atoms with Gasteiger partial charge in [0.15, 0.2) is 0 Å². The highest BCUT2D eigenvalue weighted by Gasteiger charge is 2.18. The molecule has 7 nitrogen and oxygen atoms in total. The highest BCUT2D eigenvalue weighted by atomic mass is 16.5. The fourth-order valence-corrected chi connectivity index (χ4v) is 2.02. The van der Waals surface area contributed by atoms with E-state index >= 15 is 0 Å². The Bertz CT molecular complexity index is 519. The van der Waals surface area contributed by atoms with Crippen molar-refractivity contribution in [1.29, 1.82) is 0 Å². The predicted octanol–water partition coefficient (Wildman–Crippen LogP) is 1.94. The smallest absolute Gasteiger partial charge is 0.314 e. The van der Waals surface area contributed by atoms with Crippen molar-refractivity contribution in [1.82, 2.24) is 10.6 Å². The normalized spacial score (nSPS) is 11.8. The average molecular weight is 324 g/mol. The molecular formula is C16H24N2O5. The minimum atomic E-state index is -0.958. The molecule has 7 heteroatoms. The summed E-state index contributed by atoms with van der Waals surface area (Å²) in [7, 11) is 1.58. The minimum Gasteiger partial charge on any atom is -0.496 e. The van der Waals surface area contributed by atoms with Crippen molar-refractivity contribution in [2.24, 2.45) is 0 Å². The van der Waals surface area contributed by atoms with Crippen molar-refractivity contribution in [2.75, 3.05) is 20.2 Å². The maximum atomic E-state index is 11.7. The summed E-state index contributed by atoms with van der Waals surface area (Å²) in [6.07, 6.45) is -0.510. The summed E-state index contributed by atoms with van der Waals surface area (Å²) in [5, 5.41) is 13.7. The zero-order chi connectivity index (χ0) is 17.2. The van der Waals surface area contributed by atoms with Crippen molar-refractivity contribution >= 4 is 12.0 Å². The maximum Gasteiger partial charge on any atom is 0.314 e. The number of urea groups is 1. The lowest BCUT2D eigenvalue weighted by Crippen LogP contribution is -2.39. The molecule has 0 saturated carbocycles. The highest BCUT2D eigenvalue weighted by molar-refractivity contribution is 5.75. The largest absolute Gasteiger partial charge is 0.496 e. The number of nitrogens with one attached hydrogen (secondary N) is 2. The van der Waals surface area contributed by atoms with Crippen molar-refractivity contribution in [3.05, 3.63) is 29.8 Å². The van der Waals surface area contributed by atoms with E-state index in [1.54, 1.807) is 7.11 Å². The molecule has 128 valence electrons. The van der Waals surface area contributed by atoms with Crippen LogP contribution in [0.1, 0.15) is 31.9 Å². The second kappa shape index (κ2) is 9.68. The number of hydrogen-bond donors (Lipinski definition) is 3. The van der Waals surface area contributed by atoms with Gasteiger partial charge in [-0.25, -0.2) is 4.79 Å². The molecule has 23 heavy (non-hydrogen) atoms. The maximum absolute atomic E-state index is 11.7. The molecular weight excluding hydrogens is 300 g/mol. The van der Waals surface area contributed by atoms with Crippen molar-refractivity contribution in [3.8, 4) is 5.75 Å². The average Bonchev–Trinajstić information content (AvgIpc) is 2.50. The second-order valence-electron chi connectivity index (χ2n) is 5.20. The van der Waals surface area contributed by atoms with Crippen molar-refractivity contribution < 1.29 is 24.2 Å². The molecule has 0 saturated heterocycles. The Hall–Kier alpha value is -2.28. The number of carbonyl (C=O) groups excluding carboxylic acids is 1. The topological polar surface area (TPSA) is 96.9 Å². The fraction of sp³-hybridized carbons (Fsp3) is 0.500. The van der Waals surface area contributed by atoms with E-state index in [0.29, 0.717) is 5.75 Å². The van der Waals surface area contributed by atoms with Crippen LogP contribution in [-0.4, -0.2) is 43.4 Å². The first kappa shape index (κ1) is 18.8. The number of para-hydroxylation sites is 1. The zero-order valence-corrected chi connectivity index (χ0v) is 13.7. The van der Waals surface area contributed by atoms with Gasteiger partial charge >= 0.3 is 12.0 Å². The molecule has 3 N–H and O–H groups in total. The van der Waals surface area contributed by atoms with Gasteiger partial charge in [-0.05, 0) is 19.9 Å². The molecule has 2 amide bonds. The predicted molar refractivity (Wildman–Crippen MR) is 85.6 cm³/mol. The van der Waals surface area contributed by atoms with Crippen LogP contribution in [0.4, 0.5) is 4.79 Å². The highest BCUT2D eigenvalue weighted by Crippen LogP contribution is 2.27. The lowest BCUT2D eigenvalue weighted by Gasteiger charge is -2.23. The molecule has 0 heterocycles. The number of hydrogen-bond acceptors (Lipinski definition) is 4. The van der Waals surface area contributed by atoms with E-state index in [2.05, 4.69) is 10.6 Å². The van der Waals surface area contributed by atoms with Gasteiger partial charge < -0.3 is 25.2 Å². The third-order valence-corrected chi connectivity index (χ3v) is 2.99. The Kier molecular flexibility index (Phi) is 7.90. The van der Waals surface area contributed by atoms with Gasteiger partial charge in [-0.15, -0.1) is 0 Å². The van der Waals surface area contributed by atoms with Gasteiger partial charge in [0.25, 0.3) is 0 Å². The lowest BCUT2D eigenvalue weighted by atomic mass is 10.1. The number of carboxylic acid groups (broad SMARTS) is 1. The van der Waals surface area contributed by atoms with Crippen LogP contribution in [0.5, 0.6) is 5.75 Å². The number of carbonyl (C=O) groups is 2. The molecule has 1 rings (SSSR count). The Balaban J connectivity index is 2.65. The summed E-state index contributed by atoms with van der Waals surface area (Å²) in [6, 6.07) is 7.02. The van der Waals surface area contributed by atoms with Crippen LogP contribution < -0.4 is 15.4 Å². The van der Waals surface area contributed by atoms with Gasteiger partial charge in [0, 0.05) is 18.7 Å². The third-order valence-electron chi connectivity index (χ3n) is 2.99. The van der Waals surface area contributed by atoms with Crippen LogP contribution in [0.25, 0.3) is 0 Å². The van der Waals surface area contributed by atoms with Crippen LogP contribution in [-0.2, 0) is 9.53 Å². The molecule has 0 bridgehead atoms. The van der Waals surface area contributed by atoms with E-state index in [4.69, 9.17) is 14.6 Å². The summed E-state index contributed by atoms with van der Waals surface area (Å²) in [4.78, 5) is 22.1. The summed E-state index contributed by atoms with van der Waals surface area (Å²) in [6.45, 7) is 4.15. The summed E-state index contributed by atoms with van der Waals surface area (Å²) >= 11 is 0. The molecule has 0 fully saturated rings. The second-order valence-corrected chi connectivity index (χ2v) is 5.20. The fourth-order valence-electron chi connectivity index (χ4n) is 2.02. The summed E-state index contributed by atoms with van der Waals surface area (Å²) in [5.41, 5.74) is 0.842. The number of ether oxygens (including phenoxy) is 2. The monoisotopic (exact) mass is 324 g/mol. The van der Waals surface area contributed by atoms with Crippen LogP contribution in [0.3, 0.4) is 0 Å². The van der Waals surface area contributed by atoms with Crippen LogP contribution in [0, 0.1) is 0 Å². The van der Waals surface area contributed by atoms with E-state index < -0.39 is 12.0 Å². The molecule has 1 aromatic carbocycles. The van der Waals surface area contributed by atoms with E-state index in [-0.39, 0.29) is 31.7 Å². The van der Waals surface area contributed by atoms with E-state index in [0.717, 1.165) is 5.56 Å². The molecule has 1 unspecified atom stereocenters. The quantitative estimate of drug-likeness (QED) is 0.645. The SMILES string of the molecule is COc1ccccc1C(CNC(=O)NCCC(=O)O)OC(C)C. The first-order valence-corrected chi connectivity index (χ1v) is 7.46. The minimum absolute atomic E-state index is 0.0261. The molecule has 0 radical (unpaired) electrons. The number of benzene rings is 1. The number of amides is 2. The zero-order valence-electron chi connectivity index (χ0n) is 13.7. The number of aliphatic carboxylic acids is 1. The Morgan fingerprint density at radius 1 is 1.22 bits per heavy atom. The van der Waals surface area contributed by atoms with Crippen LogP contribution >= 0.6 is 0 Å². The van der Waals surface area contributed by atoms with Crippen LogP contribution in [0.15, 0.2) is 24.3 Å². The molecule has 1 atom stereocenters. The Morgan fingerprint density at radius 2 is 1.91 bits per heavy atom. The van der Waals surface area contributed by atoms with Gasteiger partial charge in [-0.2, -0.15) is 0 Å². The molecule has 0 aromatic heterocycles. The van der Waals surface area contributed by atoms with Gasteiger partial charge in [-0.1, -0.05) is 18.2 Å². The van der Waals surface area contributed by atoms with Gasteiger partial charge in [0.05, 0.1) is 19.6 Å². The molecule has 0 aliphatic heterocycles. The number of carboxylic acids is 1. The summed E-state index contributed by atoms with van der Waals surface area (Å²) in [5.74, 6) is -0.272. The lowest BCUT2D eigenvalue weighted by molar-refractivity contribution is -0.136. The van der Waals surface area contributed by atoms with Gasteiger partial charge in [-0.3, -0.25) is 4.79 Å². The van der Waals surface area contributed by atoms with Crippen molar-refractivity contribution in [2.45, 2.75) is 32.5 Å². The number of methoxy groups -OCH3 is 1. The standard InChI is InChI=1S/C16H24N2O5/c1-11(2)23-14(12-6-4-5-7-13(12)22-3)10-18-16(21)17-9-8-15(19)20/h4-7,11,14H,8-10H2,1-3H3,(H,19,20)(H2,17,18,21). The molecule has 0 spiro atoms. The Morgan fingerprint density at radius 3 is 2.52 bits per heavy atom. The van der Waals surface area contributed by atoms with Crippen molar-refractivity contribution in [3.63, 3.8) is 0 Å². The van der Waals surface area contributed by atoms with Gasteiger partial charge in [0.2, 0.25) is 0 Å². The van der Waals surface area contributed by atoms with E-state index in [1.165, 1.54) is 0 Å². The molecule has 0 aliphatic rings. The van der Waals surface area contributed by atoms with Crippen LogP contribution in [0.2, 0.25) is 0 Å². The van der Waals surface area contributed by atoms with Gasteiger partial charge in [0.1, 0.15) is 11.9 Å². The molecule has 1 aromatic rings. The number of rotatable bonds is 9. The first-order chi connectivity index (χ1) is 10.9. The molecule has 0 aliphatic carbocycles. The third kappa shape index (κ3) is 7.01.